The van der Waals surface area contributed by atoms with E-state index in [2.05, 4.69) is 12.2 Å². The monoisotopic (exact) mass is 225 g/mol. The summed E-state index contributed by atoms with van der Waals surface area (Å²) in [5.74, 6) is 0.467. The van der Waals surface area contributed by atoms with Crippen LogP contribution in [0.4, 0.5) is 0 Å². The van der Waals surface area contributed by atoms with Crippen LogP contribution in [-0.4, -0.2) is 18.4 Å². The van der Waals surface area contributed by atoms with Crippen molar-refractivity contribution in [1.29, 1.82) is 0 Å². The van der Waals surface area contributed by atoms with Gasteiger partial charge in [0.25, 0.3) is 0 Å². The Morgan fingerprint density at radius 3 is 2.62 bits per heavy atom. The van der Waals surface area contributed by atoms with Crippen molar-refractivity contribution >= 4 is 5.78 Å². The third kappa shape index (κ3) is 6.26. The lowest BCUT2D eigenvalue weighted by molar-refractivity contribution is -0.119. The second-order valence-corrected chi connectivity index (χ2v) is 5.05. The van der Waals surface area contributed by atoms with Crippen LogP contribution in [-0.2, 0) is 4.79 Å². The van der Waals surface area contributed by atoms with Gasteiger partial charge in [-0.25, -0.2) is 0 Å². The Bertz CT molecular complexity index is 185. The molecule has 94 valence electrons. The Hall–Kier alpha value is -0.370. The number of carbonyl (C=O) groups is 1. The summed E-state index contributed by atoms with van der Waals surface area (Å²) in [6, 6.07) is 0.493. The molecule has 1 saturated heterocycles. The first-order valence-corrected chi connectivity index (χ1v) is 7.08. The van der Waals surface area contributed by atoms with Crippen LogP contribution >= 0.6 is 0 Å². The Kier molecular flexibility index (Phi) is 7.48. The van der Waals surface area contributed by atoms with E-state index < -0.39 is 0 Å². The minimum atomic E-state index is 0.467. The molecule has 0 spiro atoms. The average Bonchev–Trinajstić information content (AvgIpc) is 2.76. The van der Waals surface area contributed by atoms with Gasteiger partial charge < -0.3 is 5.32 Å². The molecule has 1 aliphatic rings. The van der Waals surface area contributed by atoms with E-state index in [1.54, 1.807) is 0 Å². The van der Waals surface area contributed by atoms with E-state index in [9.17, 15) is 4.79 Å². The molecule has 0 aromatic heterocycles. The molecule has 0 aliphatic carbocycles. The van der Waals surface area contributed by atoms with Crippen LogP contribution in [0.15, 0.2) is 0 Å². The zero-order valence-corrected chi connectivity index (χ0v) is 10.8. The smallest absolute Gasteiger partial charge is 0.134 e. The predicted octanol–water partition coefficient (Wildman–Crippen LogP) is 3.45. The summed E-state index contributed by atoms with van der Waals surface area (Å²) in [6.45, 7) is 3.34. The number of hydrogen-bond donors (Lipinski definition) is 1. The van der Waals surface area contributed by atoms with Crippen molar-refractivity contribution in [2.45, 2.75) is 77.2 Å². The molecule has 1 atom stereocenters. The standard InChI is InChI=1S/C14H27NO/c1-2-3-4-5-6-7-10-14(16)12-13-9-8-11-15-13/h13,15H,2-12H2,1H3. The second-order valence-electron chi connectivity index (χ2n) is 5.05. The van der Waals surface area contributed by atoms with E-state index in [1.165, 1.54) is 44.9 Å². The normalized spacial score (nSPS) is 20.2. The molecule has 0 aromatic rings. The zero-order chi connectivity index (χ0) is 11.6. The van der Waals surface area contributed by atoms with E-state index >= 15 is 0 Å². The van der Waals surface area contributed by atoms with Gasteiger partial charge in [-0.05, 0) is 25.8 Å². The highest BCUT2D eigenvalue weighted by atomic mass is 16.1. The maximum absolute atomic E-state index is 11.6. The van der Waals surface area contributed by atoms with Crippen LogP contribution in [0.1, 0.15) is 71.1 Å². The second kappa shape index (κ2) is 8.74. The first-order chi connectivity index (χ1) is 7.83. The lowest BCUT2D eigenvalue weighted by Gasteiger charge is -2.08. The van der Waals surface area contributed by atoms with Crippen LogP contribution in [0.2, 0.25) is 0 Å². The molecule has 0 saturated carbocycles. The van der Waals surface area contributed by atoms with Crippen molar-refractivity contribution < 1.29 is 4.79 Å². The summed E-state index contributed by atoms with van der Waals surface area (Å²) in [6.07, 6.45) is 11.7. The SMILES string of the molecule is CCCCCCCCC(=O)CC1CCCN1. The molecular weight excluding hydrogens is 198 g/mol. The first kappa shape index (κ1) is 13.7. The highest BCUT2D eigenvalue weighted by Gasteiger charge is 2.16. The van der Waals surface area contributed by atoms with Gasteiger partial charge in [-0.2, -0.15) is 0 Å². The fourth-order valence-electron chi connectivity index (χ4n) is 2.41. The molecule has 0 amide bonds. The van der Waals surface area contributed by atoms with Gasteiger partial charge in [-0.1, -0.05) is 39.0 Å². The predicted molar refractivity (Wildman–Crippen MR) is 68.6 cm³/mol. The summed E-state index contributed by atoms with van der Waals surface area (Å²) in [4.78, 5) is 11.6. The summed E-state index contributed by atoms with van der Waals surface area (Å²) < 4.78 is 0. The van der Waals surface area contributed by atoms with E-state index in [0.717, 1.165) is 25.8 Å². The van der Waals surface area contributed by atoms with Crippen LogP contribution < -0.4 is 5.32 Å². The number of unbranched alkanes of at least 4 members (excludes halogenated alkanes) is 5. The Balaban J connectivity index is 1.89. The molecule has 0 bridgehead atoms. The fraction of sp³-hybridized carbons (Fsp3) is 0.929. The van der Waals surface area contributed by atoms with E-state index in [1.807, 2.05) is 0 Å². The largest absolute Gasteiger partial charge is 0.314 e. The highest BCUT2D eigenvalue weighted by molar-refractivity contribution is 5.78. The first-order valence-electron chi connectivity index (χ1n) is 7.08. The maximum atomic E-state index is 11.6. The van der Waals surface area contributed by atoms with Gasteiger partial charge >= 0.3 is 0 Å². The summed E-state index contributed by atoms with van der Waals surface area (Å²) in [5.41, 5.74) is 0. The van der Waals surface area contributed by atoms with Crippen molar-refractivity contribution in [3.8, 4) is 0 Å². The third-order valence-corrected chi connectivity index (χ3v) is 3.45. The van der Waals surface area contributed by atoms with Gasteiger partial charge in [0.1, 0.15) is 5.78 Å². The quantitative estimate of drug-likeness (QED) is 0.609. The zero-order valence-electron chi connectivity index (χ0n) is 10.8. The minimum Gasteiger partial charge on any atom is -0.314 e. The Morgan fingerprint density at radius 2 is 1.94 bits per heavy atom. The number of hydrogen-bond acceptors (Lipinski definition) is 2. The number of nitrogens with one attached hydrogen (secondary N) is 1. The van der Waals surface area contributed by atoms with Gasteiger partial charge in [-0.3, -0.25) is 4.79 Å². The van der Waals surface area contributed by atoms with E-state index in [4.69, 9.17) is 0 Å². The lowest BCUT2D eigenvalue weighted by Crippen LogP contribution is -2.24. The van der Waals surface area contributed by atoms with Crippen LogP contribution in [0.5, 0.6) is 0 Å². The lowest BCUT2D eigenvalue weighted by atomic mass is 10.0. The number of Topliss-reactive ketones (excluding diaryl/α,β-unsaturated/α-hetero) is 1. The van der Waals surface area contributed by atoms with Gasteiger partial charge in [-0.15, -0.1) is 0 Å². The minimum absolute atomic E-state index is 0.467. The van der Waals surface area contributed by atoms with Crippen molar-refractivity contribution in [3.63, 3.8) is 0 Å². The highest BCUT2D eigenvalue weighted by Crippen LogP contribution is 2.12. The molecule has 1 aliphatic heterocycles. The molecule has 0 aromatic carbocycles. The van der Waals surface area contributed by atoms with Crippen molar-refractivity contribution in [2.24, 2.45) is 0 Å². The molecule has 16 heavy (non-hydrogen) atoms. The Labute approximate surface area is 100 Å². The summed E-state index contributed by atoms with van der Waals surface area (Å²) in [7, 11) is 0. The van der Waals surface area contributed by atoms with Crippen molar-refractivity contribution in [2.75, 3.05) is 6.54 Å². The molecule has 2 nitrogen and oxygen atoms in total. The number of ketones is 1. The van der Waals surface area contributed by atoms with Crippen LogP contribution in [0.3, 0.4) is 0 Å². The third-order valence-electron chi connectivity index (χ3n) is 3.45. The topological polar surface area (TPSA) is 29.1 Å². The fourth-order valence-corrected chi connectivity index (χ4v) is 2.41. The molecule has 1 unspecified atom stereocenters. The number of carbonyl (C=O) groups excluding carboxylic acids is 1. The molecule has 1 fully saturated rings. The summed E-state index contributed by atoms with van der Waals surface area (Å²) in [5, 5.41) is 3.38. The Morgan fingerprint density at radius 1 is 1.19 bits per heavy atom. The summed E-state index contributed by atoms with van der Waals surface area (Å²) >= 11 is 0. The maximum Gasteiger partial charge on any atom is 0.134 e. The number of rotatable bonds is 9. The van der Waals surface area contributed by atoms with Crippen LogP contribution in [0.25, 0.3) is 0 Å². The average molecular weight is 225 g/mol. The molecule has 1 rings (SSSR count). The molecule has 1 heterocycles. The van der Waals surface area contributed by atoms with Gasteiger partial charge in [0, 0.05) is 18.9 Å². The van der Waals surface area contributed by atoms with Crippen molar-refractivity contribution in [3.05, 3.63) is 0 Å². The molecule has 2 heteroatoms. The molecule has 1 N–H and O–H groups in total. The van der Waals surface area contributed by atoms with E-state index in [-0.39, 0.29) is 0 Å². The molecular formula is C14H27NO. The van der Waals surface area contributed by atoms with E-state index in [0.29, 0.717) is 11.8 Å². The van der Waals surface area contributed by atoms with Gasteiger partial charge in [0.05, 0.1) is 0 Å². The van der Waals surface area contributed by atoms with Gasteiger partial charge in [0.2, 0.25) is 0 Å². The van der Waals surface area contributed by atoms with Crippen molar-refractivity contribution in [1.82, 2.24) is 5.32 Å². The van der Waals surface area contributed by atoms with Crippen LogP contribution in [0, 0.1) is 0 Å². The van der Waals surface area contributed by atoms with Gasteiger partial charge in [0.15, 0.2) is 0 Å². The molecule has 0 radical (unpaired) electrons.